The molecule has 0 aromatic carbocycles. The number of carbonyl (C=O) groups is 1. The second kappa shape index (κ2) is 5.17. The van der Waals surface area contributed by atoms with Crippen molar-refractivity contribution in [1.82, 2.24) is 10.3 Å². The molecule has 0 spiro atoms. The van der Waals surface area contributed by atoms with Crippen LogP contribution in [0, 0.1) is 11.3 Å². The maximum absolute atomic E-state index is 11.8. The first-order chi connectivity index (χ1) is 7.80. The van der Waals surface area contributed by atoms with E-state index in [0.717, 1.165) is 0 Å². The number of rotatable bonds is 3. The van der Waals surface area contributed by atoms with Gasteiger partial charge in [0.05, 0.1) is 0 Å². The Labute approximate surface area is 103 Å². The molecule has 1 heterocycles. The maximum Gasteiger partial charge on any atom is 0.269 e. The fraction of sp³-hybridized carbons (Fsp3) is 0.538. The molecule has 17 heavy (non-hydrogen) atoms. The lowest BCUT2D eigenvalue weighted by Gasteiger charge is -2.27. The summed E-state index contributed by atoms with van der Waals surface area (Å²) in [4.78, 5) is 15.8. The van der Waals surface area contributed by atoms with Crippen molar-refractivity contribution in [2.45, 2.75) is 27.7 Å². The van der Waals surface area contributed by atoms with Gasteiger partial charge in [0.15, 0.2) is 0 Å². The van der Waals surface area contributed by atoms with Crippen molar-refractivity contribution in [2.24, 2.45) is 11.3 Å². The van der Waals surface area contributed by atoms with Crippen LogP contribution in [0.4, 0.5) is 5.82 Å². The molecule has 0 saturated heterocycles. The molecule has 0 aliphatic heterocycles. The Hall–Kier alpha value is -1.58. The molecule has 4 heteroatoms. The number of hydrogen-bond donors (Lipinski definition) is 2. The molecule has 0 saturated carbocycles. The molecule has 1 unspecified atom stereocenters. The molecular formula is C13H21N3O. The van der Waals surface area contributed by atoms with Crippen molar-refractivity contribution in [2.75, 3.05) is 12.3 Å². The zero-order chi connectivity index (χ0) is 13.1. The van der Waals surface area contributed by atoms with Crippen LogP contribution in [0.1, 0.15) is 38.2 Å². The normalized spacial score (nSPS) is 13.2. The van der Waals surface area contributed by atoms with Gasteiger partial charge in [-0.3, -0.25) is 4.79 Å². The zero-order valence-electron chi connectivity index (χ0n) is 10.9. The highest BCUT2D eigenvalue weighted by molar-refractivity contribution is 5.92. The van der Waals surface area contributed by atoms with Crippen LogP contribution in [0.25, 0.3) is 0 Å². The third-order valence-electron chi connectivity index (χ3n) is 3.05. The summed E-state index contributed by atoms with van der Waals surface area (Å²) in [5.41, 5.74) is 6.07. The van der Waals surface area contributed by atoms with Crippen LogP contribution >= 0.6 is 0 Å². The molecule has 1 amide bonds. The Morgan fingerprint density at radius 1 is 1.47 bits per heavy atom. The highest BCUT2D eigenvalue weighted by Crippen LogP contribution is 2.24. The third-order valence-corrected chi connectivity index (χ3v) is 3.05. The third kappa shape index (κ3) is 4.06. The molecule has 0 radical (unpaired) electrons. The number of hydrogen-bond acceptors (Lipinski definition) is 3. The van der Waals surface area contributed by atoms with E-state index in [1.807, 2.05) is 0 Å². The van der Waals surface area contributed by atoms with Crippen molar-refractivity contribution in [3.8, 4) is 0 Å². The zero-order valence-corrected chi connectivity index (χ0v) is 10.9. The number of anilines is 1. The van der Waals surface area contributed by atoms with Crippen molar-refractivity contribution in [1.29, 1.82) is 0 Å². The Kier molecular flexibility index (Phi) is 4.10. The van der Waals surface area contributed by atoms with Gasteiger partial charge in [-0.05, 0) is 23.5 Å². The molecule has 0 fully saturated rings. The summed E-state index contributed by atoms with van der Waals surface area (Å²) in [5.74, 6) is 0.586. The molecule has 0 aliphatic carbocycles. The lowest BCUT2D eigenvalue weighted by atomic mass is 9.82. The standard InChI is InChI=1S/C13H21N3O/c1-9(13(2,3)4)8-15-12(17)10-6-5-7-11(14)16-10/h5-7,9H,8H2,1-4H3,(H2,14,16)(H,15,17). The molecule has 1 rings (SSSR count). The fourth-order valence-electron chi connectivity index (χ4n) is 1.22. The predicted molar refractivity (Wildman–Crippen MR) is 69.6 cm³/mol. The van der Waals surface area contributed by atoms with Crippen LogP contribution in [0.15, 0.2) is 18.2 Å². The number of nitrogens with zero attached hydrogens (tertiary/aromatic N) is 1. The van der Waals surface area contributed by atoms with E-state index in [-0.39, 0.29) is 11.3 Å². The van der Waals surface area contributed by atoms with Gasteiger partial charge in [-0.1, -0.05) is 33.8 Å². The van der Waals surface area contributed by atoms with Gasteiger partial charge in [0.1, 0.15) is 11.5 Å². The summed E-state index contributed by atoms with van der Waals surface area (Å²) in [5, 5.41) is 2.88. The maximum atomic E-state index is 11.8. The van der Waals surface area contributed by atoms with Crippen LogP contribution in [0.3, 0.4) is 0 Å². The van der Waals surface area contributed by atoms with E-state index in [1.165, 1.54) is 0 Å². The molecule has 1 atom stereocenters. The predicted octanol–water partition coefficient (Wildman–Crippen LogP) is 2.08. The van der Waals surface area contributed by atoms with Gasteiger partial charge in [-0.25, -0.2) is 4.98 Å². The summed E-state index contributed by atoms with van der Waals surface area (Å²) in [6.45, 7) is 9.22. The number of nitrogen functional groups attached to an aromatic ring is 1. The average molecular weight is 235 g/mol. The lowest BCUT2D eigenvalue weighted by molar-refractivity contribution is 0.0932. The Morgan fingerprint density at radius 2 is 2.12 bits per heavy atom. The second-order valence-corrected chi connectivity index (χ2v) is 5.42. The minimum Gasteiger partial charge on any atom is -0.384 e. The first-order valence-electron chi connectivity index (χ1n) is 5.81. The molecule has 3 N–H and O–H groups in total. The van der Waals surface area contributed by atoms with Gasteiger partial charge in [0.25, 0.3) is 5.91 Å². The van der Waals surface area contributed by atoms with Gasteiger partial charge in [0, 0.05) is 6.54 Å². The largest absolute Gasteiger partial charge is 0.384 e. The summed E-state index contributed by atoms with van der Waals surface area (Å²) in [6, 6.07) is 5.05. The van der Waals surface area contributed by atoms with Crippen molar-refractivity contribution >= 4 is 11.7 Å². The SMILES string of the molecule is CC(CNC(=O)c1cccc(N)n1)C(C)(C)C. The van der Waals surface area contributed by atoms with Crippen LogP contribution in [-0.2, 0) is 0 Å². The van der Waals surface area contributed by atoms with Gasteiger partial charge in [-0.2, -0.15) is 0 Å². The second-order valence-electron chi connectivity index (χ2n) is 5.42. The monoisotopic (exact) mass is 235 g/mol. The molecule has 94 valence electrons. The molecule has 1 aromatic heterocycles. The summed E-state index contributed by atoms with van der Waals surface area (Å²) in [6.07, 6.45) is 0. The van der Waals surface area contributed by atoms with Crippen LogP contribution in [-0.4, -0.2) is 17.4 Å². The first-order valence-corrected chi connectivity index (χ1v) is 5.81. The van der Waals surface area contributed by atoms with E-state index in [9.17, 15) is 4.79 Å². The number of nitrogens with two attached hydrogens (primary N) is 1. The lowest BCUT2D eigenvalue weighted by Crippen LogP contribution is -2.34. The van der Waals surface area contributed by atoms with E-state index in [2.05, 4.69) is 38.0 Å². The van der Waals surface area contributed by atoms with Gasteiger partial charge in [-0.15, -0.1) is 0 Å². The first kappa shape index (κ1) is 13.5. The number of pyridine rings is 1. The van der Waals surface area contributed by atoms with Crippen LogP contribution in [0.2, 0.25) is 0 Å². The van der Waals surface area contributed by atoms with E-state index in [4.69, 9.17) is 5.73 Å². The summed E-state index contributed by atoms with van der Waals surface area (Å²) < 4.78 is 0. The Bertz CT molecular complexity index is 396. The minimum absolute atomic E-state index is 0.173. The molecule has 1 aromatic rings. The molecular weight excluding hydrogens is 214 g/mol. The van der Waals surface area contributed by atoms with Crippen molar-refractivity contribution < 1.29 is 4.79 Å². The molecule has 0 aliphatic rings. The highest BCUT2D eigenvalue weighted by atomic mass is 16.1. The smallest absolute Gasteiger partial charge is 0.269 e. The summed E-state index contributed by atoms with van der Waals surface area (Å²) in [7, 11) is 0. The molecule has 4 nitrogen and oxygen atoms in total. The fourth-order valence-corrected chi connectivity index (χ4v) is 1.22. The highest BCUT2D eigenvalue weighted by Gasteiger charge is 2.20. The topological polar surface area (TPSA) is 68.0 Å². The van der Waals surface area contributed by atoms with Crippen LogP contribution in [0.5, 0.6) is 0 Å². The molecule has 0 bridgehead atoms. The van der Waals surface area contributed by atoms with E-state index in [1.54, 1.807) is 18.2 Å². The number of aromatic nitrogens is 1. The Morgan fingerprint density at radius 3 is 2.65 bits per heavy atom. The van der Waals surface area contributed by atoms with E-state index >= 15 is 0 Å². The average Bonchev–Trinajstić information content (AvgIpc) is 2.24. The van der Waals surface area contributed by atoms with Gasteiger partial charge in [0.2, 0.25) is 0 Å². The summed E-state index contributed by atoms with van der Waals surface area (Å²) >= 11 is 0. The number of amides is 1. The minimum atomic E-state index is -0.173. The van der Waals surface area contributed by atoms with Gasteiger partial charge >= 0.3 is 0 Å². The van der Waals surface area contributed by atoms with Crippen molar-refractivity contribution in [3.05, 3.63) is 23.9 Å². The Balaban J connectivity index is 2.57. The van der Waals surface area contributed by atoms with E-state index < -0.39 is 0 Å². The van der Waals surface area contributed by atoms with Crippen LogP contribution < -0.4 is 11.1 Å². The number of carbonyl (C=O) groups excluding carboxylic acids is 1. The number of nitrogens with one attached hydrogen (secondary N) is 1. The van der Waals surface area contributed by atoms with E-state index in [0.29, 0.717) is 24.0 Å². The quantitative estimate of drug-likeness (QED) is 0.842. The van der Waals surface area contributed by atoms with Crippen molar-refractivity contribution in [3.63, 3.8) is 0 Å². The van der Waals surface area contributed by atoms with Gasteiger partial charge < -0.3 is 11.1 Å².